The molecule has 1 aliphatic rings. The number of primary amides is 1. The number of hydrogen-bond acceptors (Lipinski definition) is 7. The van der Waals surface area contributed by atoms with Gasteiger partial charge in [-0.25, -0.2) is 4.98 Å². The summed E-state index contributed by atoms with van der Waals surface area (Å²) in [4.78, 5) is 20.2. The smallest absolute Gasteiger partial charge is 0.254 e. The number of ether oxygens (including phenoxy) is 2. The molecule has 1 aromatic carbocycles. The summed E-state index contributed by atoms with van der Waals surface area (Å²) in [5.74, 6) is 1.48. The molecule has 0 bridgehead atoms. The molecule has 3 rings (SSSR count). The third-order valence-electron chi connectivity index (χ3n) is 4.14. The maximum Gasteiger partial charge on any atom is 0.254 e. The van der Waals surface area contributed by atoms with E-state index in [1.54, 1.807) is 26.4 Å². The van der Waals surface area contributed by atoms with Crippen LogP contribution in [0.1, 0.15) is 29.6 Å². The minimum atomic E-state index is -0.556. The van der Waals surface area contributed by atoms with E-state index in [9.17, 15) is 4.79 Å². The average Bonchev–Trinajstić information content (AvgIpc) is 2.58. The molecular formula is C17H21N5O3. The van der Waals surface area contributed by atoms with Crippen molar-refractivity contribution in [1.29, 1.82) is 0 Å². The molecule has 1 aliphatic carbocycles. The summed E-state index contributed by atoms with van der Waals surface area (Å²) in [5.41, 5.74) is 6.43. The van der Waals surface area contributed by atoms with Gasteiger partial charge in [-0.1, -0.05) is 0 Å². The van der Waals surface area contributed by atoms with Gasteiger partial charge in [-0.2, -0.15) is 4.98 Å². The molecule has 4 N–H and O–H groups in total. The van der Waals surface area contributed by atoms with Crippen LogP contribution in [-0.4, -0.2) is 36.1 Å². The number of nitrogens with two attached hydrogens (primary N) is 1. The van der Waals surface area contributed by atoms with Crippen LogP contribution in [0.2, 0.25) is 0 Å². The van der Waals surface area contributed by atoms with Crippen molar-refractivity contribution in [3.63, 3.8) is 0 Å². The molecule has 132 valence electrons. The Labute approximate surface area is 145 Å². The van der Waals surface area contributed by atoms with Gasteiger partial charge in [0.1, 0.15) is 5.82 Å². The van der Waals surface area contributed by atoms with E-state index in [2.05, 4.69) is 20.6 Å². The lowest BCUT2D eigenvalue weighted by Crippen LogP contribution is -2.29. The van der Waals surface area contributed by atoms with Crippen LogP contribution in [0.25, 0.3) is 0 Å². The summed E-state index contributed by atoms with van der Waals surface area (Å²) in [6.45, 7) is 0. The van der Waals surface area contributed by atoms with Crippen LogP contribution in [0, 0.1) is 0 Å². The fraction of sp³-hybridized carbons (Fsp3) is 0.353. The first-order valence-corrected chi connectivity index (χ1v) is 8.03. The predicted molar refractivity (Wildman–Crippen MR) is 94.6 cm³/mol. The van der Waals surface area contributed by atoms with Crippen LogP contribution < -0.4 is 25.8 Å². The Balaban J connectivity index is 1.84. The molecule has 2 aromatic rings. The monoisotopic (exact) mass is 343 g/mol. The van der Waals surface area contributed by atoms with Crippen molar-refractivity contribution in [2.24, 2.45) is 5.73 Å². The number of nitrogens with zero attached hydrogens (tertiary/aromatic N) is 2. The van der Waals surface area contributed by atoms with Gasteiger partial charge in [-0.05, 0) is 31.4 Å². The first kappa shape index (κ1) is 16.8. The van der Waals surface area contributed by atoms with Gasteiger partial charge in [-0.3, -0.25) is 4.79 Å². The van der Waals surface area contributed by atoms with Crippen LogP contribution in [0.3, 0.4) is 0 Å². The highest BCUT2D eigenvalue weighted by molar-refractivity contribution is 5.97. The first-order valence-electron chi connectivity index (χ1n) is 8.03. The zero-order valence-electron chi connectivity index (χ0n) is 14.2. The standard InChI is InChI=1S/C17H21N5O3/c1-24-13-7-6-11(8-14(13)25-2)21-17-19-9-12(15(18)23)16(22-17)20-10-4-3-5-10/h6-10H,3-5H2,1-2H3,(H2,18,23)(H2,19,20,21,22). The van der Waals surface area contributed by atoms with Crippen LogP contribution in [-0.2, 0) is 0 Å². The van der Waals surface area contributed by atoms with Gasteiger partial charge in [0.05, 0.1) is 19.8 Å². The number of aromatic nitrogens is 2. The second kappa shape index (κ2) is 7.25. The number of hydrogen-bond donors (Lipinski definition) is 3. The third kappa shape index (κ3) is 3.73. The van der Waals surface area contributed by atoms with E-state index in [0.29, 0.717) is 29.3 Å². The zero-order chi connectivity index (χ0) is 17.8. The van der Waals surface area contributed by atoms with Gasteiger partial charge in [0.2, 0.25) is 5.95 Å². The van der Waals surface area contributed by atoms with Crippen molar-refractivity contribution < 1.29 is 14.3 Å². The molecule has 0 aliphatic heterocycles. The lowest BCUT2D eigenvalue weighted by atomic mass is 9.93. The van der Waals surface area contributed by atoms with Gasteiger partial charge in [0.25, 0.3) is 5.91 Å². The first-order chi connectivity index (χ1) is 12.1. The number of rotatable bonds is 7. The Morgan fingerprint density at radius 3 is 2.60 bits per heavy atom. The van der Waals surface area contributed by atoms with Gasteiger partial charge in [-0.15, -0.1) is 0 Å². The lowest BCUT2D eigenvalue weighted by Gasteiger charge is -2.27. The van der Waals surface area contributed by atoms with Gasteiger partial charge >= 0.3 is 0 Å². The number of carbonyl (C=O) groups excluding carboxylic acids is 1. The van der Waals surface area contributed by atoms with Crippen molar-refractivity contribution in [3.8, 4) is 11.5 Å². The minimum absolute atomic E-state index is 0.282. The van der Waals surface area contributed by atoms with E-state index in [1.165, 1.54) is 12.6 Å². The molecule has 0 radical (unpaired) electrons. The fourth-order valence-electron chi connectivity index (χ4n) is 2.52. The summed E-state index contributed by atoms with van der Waals surface area (Å²) in [6, 6.07) is 5.71. The van der Waals surface area contributed by atoms with Gasteiger partial charge in [0.15, 0.2) is 11.5 Å². The van der Waals surface area contributed by atoms with E-state index in [1.807, 2.05) is 6.07 Å². The second-order valence-electron chi connectivity index (χ2n) is 5.79. The minimum Gasteiger partial charge on any atom is -0.493 e. The molecule has 0 atom stereocenters. The van der Waals surface area contributed by atoms with Crippen molar-refractivity contribution in [3.05, 3.63) is 30.0 Å². The summed E-state index contributed by atoms with van der Waals surface area (Å²) in [5, 5.41) is 6.35. The number of carbonyl (C=O) groups is 1. The lowest BCUT2D eigenvalue weighted by molar-refractivity contribution is 0.100. The summed E-state index contributed by atoms with van der Waals surface area (Å²) in [6.07, 6.45) is 4.71. The largest absolute Gasteiger partial charge is 0.493 e. The number of methoxy groups -OCH3 is 2. The van der Waals surface area contributed by atoms with Gasteiger partial charge in [0, 0.05) is 24.0 Å². The molecule has 1 aromatic heterocycles. The molecule has 8 heteroatoms. The maximum atomic E-state index is 11.6. The molecular weight excluding hydrogens is 322 g/mol. The predicted octanol–water partition coefficient (Wildman–Crippen LogP) is 2.30. The second-order valence-corrected chi connectivity index (χ2v) is 5.79. The highest BCUT2D eigenvalue weighted by Gasteiger charge is 2.21. The Morgan fingerprint density at radius 2 is 2.00 bits per heavy atom. The number of nitrogens with one attached hydrogen (secondary N) is 2. The van der Waals surface area contributed by atoms with Crippen molar-refractivity contribution >= 4 is 23.4 Å². The summed E-state index contributed by atoms with van der Waals surface area (Å²) >= 11 is 0. The quantitative estimate of drug-likeness (QED) is 0.707. The van der Waals surface area contributed by atoms with E-state index >= 15 is 0 Å². The fourth-order valence-corrected chi connectivity index (χ4v) is 2.52. The molecule has 0 spiro atoms. The van der Waals surface area contributed by atoms with E-state index < -0.39 is 5.91 Å². The van der Waals surface area contributed by atoms with Gasteiger partial charge < -0.3 is 25.8 Å². The molecule has 1 fully saturated rings. The summed E-state index contributed by atoms with van der Waals surface area (Å²) < 4.78 is 10.5. The van der Waals surface area contributed by atoms with Crippen molar-refractivity contribution in [2.75, 3.05) is 24.9 Å². The van der Waals surface area contributed by atoms with Crippen molar-refractivity contribution in [1.82, 2.24) is 9.97 Å². The zero-order valence-corrected chi connectivity index (χ0v) is 14.2. The van der Waals surface area contributed by atoms with Crippen LogP contribution >= 0.6 is 0 Å². The summed E-state index contributed by atoms with van der Waals surface area (Å²) in [7, 11) is 3.15. The highest BCUT2D eigenvalue weighted by Crippen LogP contribution is 2.31. The third-order valence-corrected chi connectivity index (χ3v) is 4.14. The number of benzene rings is 1. The van der Waals surface area contributed by atoms with Crippen LogP contribution in [0.4, 0.5) is 17.5 Å². The Bertz CT molecular complexity index is 777. The van der Waals surface area contributed by atoms with E-state index in [4.69, 9.17) is 15.2 Å². The van der Waals surface area contributed by atoms with E-state index in [0.717, 1.165) is 18.5 Å². The molecule has 1 amide bonds. The van der Waals surface area contributed by atoms with Crippen LogP contribution in [0.15, 0.2) is 24.4 Å². The molecule has 1 heterocycles. The van der Waals surface area contributed by atoms with Crippen molar-refractivity contribution in [2.45, 2.75) is 25.3 Å². The Hall–Kier alpha value is -3.03. The molecule has 25 heavy (non-hydrogen) atoms. The molecule has 0 saturated heterocycles. The molecule has 1 saturated carbocycles. The Kier molecular flexibility index (Phi) is 4.87. The van der Waals surface area contributed by atoms with Crippen LogP contribution in [0.5, 0.6) is 11.5 Å². The normalized spacial score (nSPS) is 13.7. The topological polar surface area (TPSA) is 111 Å². The Morgan fingerprint density at radius 1 is 1.24 bits per heavy atom. The highest BCUT2D eigenvalue weighted by atomic mass is 16.5. The number of anilines is 3. The maximum absolute atomic E-state index is 11.6. The molecule has 8 nitrogen and oxygen atoms in total. The van der Waals surface area contributed by atoms with E-state index in [-0.39, 0.29) is 5.56 Å². The SMILES string of the molecule is COc1ccc(Nc2ncc(C(N)=O)c(NC3CCC3)n2)cc1OC. The molecule has 0 unspecified atom stereocenters. The average molecular weight is 343 g/mol. The number of amides is 1.